The number of aryl methyl sites for hydroxylation is 2. The normalized spacial score (nSPS) is 10.9. The lowest BCUT2D eigenvalue weighted by atomic mass is 10.1. The van der Waals surface area contributed by atoms with Crippen LogP contribution < -0.4 is 5.32 Å². The van der Waals surface area contributed by atoms with Crippen molar-refractivity contribution in [3.05, 3.63) is 69.3 Å². The van der Waals surface area contributed by atoms with Gasteiger partial charge in [0.15, 0.2) is 11.5 Å². The van der Waals surface area contributed by atoms with E-state index in [1.165, 1.54) is 0 Å². The number of nitrogens with one attached hydrogen (secondary N) is 1. The molecule has 146 valence electrons. The maximum absolute atomic E-state index is 12.4. The molecule has 0 aliphatic heterocycles. The van der Waals surface area contributed by atoms with Crippen LogP contribution in [-0.2, 0) is 0 Å². The minimum Gasteiger partial charge on any atom is -0.297 e. The maximum Gasteiger partial charge on any atom is 0.257 e. The number of nitrogens with zero attached hydrogens (tertiary/aromatic N) is 5. The molecule has 2 aromatic heterocycles. The van der Waals surface area contributed by atoms with Gasteiger partial charge in [-0.25, -0.2) is 4.68 Å². The number of benzene rings is 2. The molecule has 0 spiro atoms. The van der Waals surface area contributed by atoms with Gasteiger partial charge in [-0.15, -0.1) is 5.10 Å². The predicted octanol–water partition coefficient (Wildman–Crippen LogP) is 4.73. The number of amides is 1. The van der Waals surface area contributed by atoms with Gasteiger partial charge in [-0.1, -0.05) is 33.3 Å². The topological polar surface area (TPSA) is 85.6 Å². The average molecular weight is 469 g/mol. The summed E-state index contributed by atoms with van der Waals surface area (Å²) in [4.78, 5) is 16.8. The lowest BCUT2D eigenvalue weighted by Crippen LogP contribution is -2.11. The molecule has 0 bridgehead atoms. The smallest absolute Gasteiger partial charge is 0.257 e. The highest BCUT2D eigenvalue weighted by Crippen LogP contribution is 2.25. The minimum absolute atomic E-state index is 0.240. The third kappa shape index (κ3) is 3.96. The van der Waals surface area contributed by atoms with Crippen molar-refractivity contribution < 1.29 is 4.79 Å². The molecule has 0 atom stereocenters. The fourth-order valence-electron chi connectivity index (χ4n) is 2.85. The SMILES string of the molecule is Cc1ccc(C)c(-n2nnc(-c3nsc(NC(=O)c4ccc(Br)cc4)n3)c2C)c1. The highest BCUT2D eigenvalue weighted by atomic mass is 79.9. The molecule has 1 N–H and O–H groups in total. The fraction of sp³-hybridized carbons (Fsp3) is 0.150. The standard InChI is InChI=1S/C20H17BrN6OS/c1-11-4-5-12(2)16(10-11)27-13(3)17(24-26-27)18-22-20(29-25-18)23-19(28)14-6-8-15(21)9-7-14/h4-10H,1-3H3,(H,22,23,25,28). The number of carbonyl (C=O) groups excluding carboxylic acids is 1. The van der Waals surface area contributed by atoms with Crippen molar-refractivity contribution in [1.82, 2.24) is 24.4 Å². The molecule has 0 aliphatic rings. The first-order valence-electron chi connectivity index (χ1n) is 8.83. The van der Waals surface area contributed by atoms with E-state index in [2.05, 4.69) is 59.1 Å². The van der Waals surface area contributed by atoms with Crippen molar-refractivity contribution >= 4 is 38.5 Å². The van der Waals surface area contributed by atoms with Crippen LogP contribution in [0.2, 0.25) is 0 Å². The second-order valence-corrected chi connectivity index (χ2v) is 8.28. The summed E-state index contributed by atoms with van der Waals surface area (Å²) in [6.07, 6.45) is 0. The molecule has 0 saturated carbocycles. The van der Waals surface area contributed by atoms with Crippen molar-refractivity contribution in [3.8, 4) is 17.2 Å². The molecule has 0 saturated heterocycles. The predicted molar refractivity (Wildman–Crippen MR) is 117 cm³/mol. The number of halogens is 1. The molecule has 4 aromatic rings. The van der Waals surface area contributed by atoms with Gasteiger partial charge in [0.25, 0.3) is 5.91 Å². The molecule has 0 aliphatic carbocycles. The van der Waals surface area contributed by atoms with Crippen LogP contribution in [0.1, 0.15) is 27.2 Å². The van der Waals surface area contributed by atoms with Crippen LogP contribution in [0.25, 0.3) is 17.2 Å². The monoisotopic (exact) mass is 468 g/mol. The highest BCUT2D eigenvalue weighted by molar-refractivity contribution is 9.10. The summed E-state index contributed by atoms with van der Waals surface area (Å²) in [6.45, 7) is 6.00. The van der Waals surface area contributed by atoms with E-state index in [1.807, 2.05) is 32.9 Å². The molecule has 7 nitrogen and oxygen atoms in total. The van der Waals surface area contributed by atoms with Gasteiger partial charge in [0.2, 0.25) is 5.13 Å². The van der Waals surface area contributed by atoms with Gasteiger partial charge in [0, 0.05) is 21.6 Å². The van der Waals surface area contributed by atoms with E-state index >= 15 is 0 Å². The van der Waals surface area contributed by atoms with Crippen LogP contribution in [0.15, 0.2) is 46.9 Å². The van der Waals surface area contributed by atoms with Crippen LogP contribution in [0, 0.1) is 20.8 Å². The summed E-state index contributed by atoms with van der Waals surface area (Å²) in [6, 6.07) is 13.3. The van der Waals surface area contributed by atoms with Gasteiger partial charge in [-0.3, -0.25) is 10.1 Å². The molecular weight excluding hydrogens is 452 g/mol. The Morgan fingerprint density at radius 1 is 1.10 bits per heavy atom. The fourth-order valence-corrected chi connectivity index (χ4v) is 3.68. The zero-order valence-corrected chi connectivity index (χ0v) is 18.4. The largest absolute Gasteiger partial charge is 0.297 e. The first kappa shape index (κ1) is 19.4. The molecule has 2 aromatic carbocycles. The van der Waals surface area contributed by atoms with Crippen molar-refractivity contribution in [2.24, 2.45) is 0 Å². The number of carbonyl (C=O) groups is 1. The Hall–Kier alpha value is -2.91. The minimum atomic E-state index is -0.240. The van der Waals surface area contributed by atoms with Crippen molar-refractivity contribution in [1.29, 1.82) is 0 Å². The Bertz CT molecular complexity index is 1200. The van der Waals surface area contributed by atoms with Crippen LogP contribution in [0.3, 0.4) is 0 Å². The summed E-state index contributed by atoms with van der Waals surface area (Å²) >= 11 is 4.47. The quantitative estimate of drug-likeness (QED) is 0.467. The number of rotatable bonds is 4. The Labute approximate surface area is 180 Å². The van der Waals surface area contributed by atoms with Crippen molar-refractivity contribution in [3.63, 3.8) is 0 Å². The van der Waals surface area contributed by atoms with E-state index in [1.54, 1.807) is 16.8 Å². The number of aromatic nitrogens is 5. The summed E-state index contributed by atoms with van der Waals surface area (Å²) in [5.41, 5.74) is 5.19. The first-order chi connectivity index (χ1) is 13.9. The van der Waals surface area contributed by atoms with E-state index in [4.69, 9.17) is 0 Å². The average Bonchev–Trinajstić information content (AvgIpc) is 3.30. The molecule has 9 heteroatoms. The zero-order valence-electron chi connectivity index (χ0n) is 16.0. The van der Waals surface area contributed by atoms with E-state index in [9.17, 15) is 4.79 Å². The van der Waals surface area contributed by atoms with Crippen molar-refractivity contribution in [2.45, 2.75) is 20.8 Å². The van der Waals surface area contributed by atoms with Crippen LogP contribution in [0.4, 0.5) is 5.13 Å². The lowest BCUT2D eigenvalue weighted by Gasteiger charge is -2.08. The molecular formula is C20H17BrN6OS. The molecule has 1 amide bonds. The highest BCUT2D eigenvalue weighted by Gasteiger charge is 2.18. The van der Waals surface area contributed by atoms with Gasteiger partial charge < -0.3 is 0 Å². The first-order valence-corrected chi connectivity index (χ1v) is 10.4. The van der Waals surface area contributed by atoms with Gasteiger partial charge in [-0.2, -0.15) is 9.36 Å². The Balaban J connectivity index is 1.59. The van der Waals surface area contributed by atoms with Crippen LogP contribution in [0.5, 0.6) is 0 Å². The van der Waals surface area contributed by atoms with E-state index in [0.29, 0.717) is 22.2 Å². The molecule has 29 heavy (non-hydrogen) atoms. The van der Waals surface area contributed by atoms with Gasteiger partial charge in [-0.05, 0) is 62.2 Å². The van der Waals surface area contributed by atoms with Crippen LogP contribution >= 0.6 is 27.5 Å². The second kappa shape index (κ2) is 7.84. The third-order valence-corrected chi connectivity index (χ3v) is 5.61. The Morgan fingerprint density at radius 2 is 1.86 bits per heavy atom. The van der Waals surface area contributed by atoms with Crippen molar-refractivity contribution in [2.75, 3.05) is 5.32 Å². The van der Waals surface area contributed by atoms with Crippen LogP contribution in [-0.4, -0.2) is 30.3 Å². The van der Waals surface area contributed by atoms with E-state index in [0.717, 1.165) is 38.5 Å². The summed E-state index contributed by atoms with van der Waals surface area (Å²) < 4.78 is 7.05. The summed E-state index contributed by atoms with van der Waals surface area (Å²) in [5.74, 6) is 0.200. The van der Waals surface area contributed by atoms with Gasteiger partial charge >= 0.3 is 0 Å². The lowest BCUT2D eigenvalue weighted by molar-refractivity contribution is 0.102. The molecule has 4 rings (SSSR count). The Kier molecular flexibility index (Phi) is 5.25. The second-order valence-electron chi connectivity index (χ2n) is 6.61. The number of hydrogen-bond acceptors (Lipinski definition) is 6. The molecule has 0 unspecified atom stereocenters. The van der Waals surface area contributed by atoms with E-state index < -0.39 is 0 Å². The number of hydrogen-bond donors (Lipinski definition) is 1. The van der Waals surface area contributed by atoms with E-state index in [-0.39, 0.29) is 5.91 Å². The molecule has 0 radical (unpaired) electrons. The number of anilines is 1. The van der Waals surface area contributed by atoms with Gasteiger partial charge in [0.1, 0.15) is 0 Å². The third-order valence-electron chi connectivity index (χ3n) is 4.45. The zero-order chi connectivity index (χ0) is 20.5. The van der Waals surface area contributed by atoms with Gasteiger partial charge in [0.05, 0.1) is 11.4 Å². The summed E-state index contributed by atoms with van der Waals surface area (Å²) in [5, 5.41) is 11.7. The summed E-state index contributed by atoms with van der Waals surface area (Å²) in [7, 11) is 0. The Morgan fingerprint density at radius 3 is 2.62 bits per heavy atom. The molecule has 0 fully saturated rings. The molecule has 2 heterocycles. The maximum atomic E-state index is 12.4.